The SMILES string of the molecule is O=C(NNC(=O)c1cccc(F)c1)C(=O)NC1CCCCC1. The summed E-state index contributed by atoms with van der Waals surface area (Å²) in [6.07, 6.45) is 4.91. The lowest BCUT2D eigenvalue weighted by Crippen LogP contribution is -2.50. The highest BCUT2D eigenvalue weighted by atomic mass is 19.1. The van der Waals surface area contributed by atoms with Crippen molar-refractivity contribution in [3.63, 3.8) is 0 Å². The summed E-state index contributed by atoms with van der Waals surface area (Å²) in [7, 11) is 0. The Kier molecular flexibility index (Phi) is 5.46. The van der Waals surface area contributed by atoms with Crippen LogP contribution in [0.5, 0.6) is 0 Å². The van der Waals surface area contributed by atoms with Crippen molar-refractivity contribution < 1.29 is 18.8 Å². The molecular weight excluding hydrogens is 289 g/mol. The number of carbonyl (C=O) groups excluding carboxylic acids is 3. The third-order valence-corrected chi connectivity index (χ3v) is 3.52. The van der Waals surface area contributed by atoms with Crippen LogP contribution in [0.1, 0.15) is 42.5 Å². The first-order chi connectivity index (χ1) is 10.6. The summed E-state index contributed by atoms with van der Waals surface area (Å²) in [6.45, 7) is 0. The number of nitrogens with one attached hydrogen (secondary N) is 3. The molecule has 1 aliphatic carbocycles. The molecule has 3 amide bonds. The maximum atomic E-state index is 13.0. The Morgan fingerprint density at radius 3 is 2.41 bits per heavy atom. The van der Waals surface area contributed by atoms with E-state index in [-0.39, 0.29) is 11.6 Å². The van der Waals surface area contributed by atoms with E-state index in [4.69, 9.17) is 0 Å². The number of hydrogen-bond acceptors (Lipinski definition) is 3. The number of rotatable bonds is 2. The van der Waals surface area contributed by atoms with Crippen molar-refractivity contribution in [3.8, 4) is 0 Å². The van der Waals surface area contributed by atoms with E-state index in [1.54, 1.807) is 0 Å². The monoisotopic (exact) mass is 307 g/mol. The Morgan fingerprint density at radius 1 is 1.00 bits per heavy atom. The Morgan fingerprint density at radius 2 is 1.73 bits per heavy atom. The second-order valence-corrected chi connectivity index (χ2v) is 5.23. The van der Waals surface area contributed by atoms with Gasteiger partial charge in [-0.15, -0.1) is 0 Å². The summed E-state index contributed by atoms with van der Waals surface area (Å²) in [5.41, 5.74) is 4.14. The van der Waals surface area contributed by atoms with Crippen LogP contribution in [-0.2, 0) is 9.59 Å². The standard InChI is InChI=1S/C15H18FN3O3/c16-11-6-4-5-10(9-11)13(20)18-19-15(22)14(21)17-12-7-2-1-3-8-12/h4-6,9,12H,1-3,7-8H2,(H,17,21)(H,18,20)(H,19,22). The molecule has 0 saturated heterocycles. The van der Waals surface area contributed by atoms with Gasteiger partial charge in [0.2, 0.25) is 0 Å². The number of amides is 3. The fourth-order valence-electron chi connectivity index (χ4n) is 2.37. The molecule has 3 N–H and O–H groups in total. The first-order valence-corrected chi connectivity index (χ1v) is 7.23. The number of hydrazine groups is 1. The molecule has 1 aromatic rings. The van der Waals surface area contributed by atoms with Crippen molar-refractivity contribution in [2.24, 2.45) is 0 Å². The van der Waals surface area contributed by atoms with Crippen LogP contribution in [0.3, 0.4) is 0 Å². The average Bonchev–Trinajstić information content (AvgIpc) is 2.53. The molecular formula is C15H18FN3O3. The number of halogens is 1. The third kappa shape index (κ3) is 4.54. The molecule has 6 nitrogen and oxygen atoms in total. The van der Waals surface area contributed by atoms with Gasteiger partial charge in [-0.2, -0.15) is 0 Å². The van der Waals surface area contributed by atoms with Crippen molar-refractivity contribution >= 4 is 17.7 Å². The lowest BCUT2D eigenvalue weighted by molar-refractivity contribution is -0.140. The van der Waals surface area contributed by atoms with Crippen LogP contribution in [0.4, 0.5) is 4.39 Å². The van der Waals surface area contributed by atoms with Gasteiger partial charge < -0.3 is 5.32 Å². The molecule has 0 aliphatic heterocycles. The largest absolute Gasteiger partial charge is 0.345 e. The van der Waals surface area contributed by atoms with Crippen LogP contribution in [0, 0.1) is 5.82 Å². The predicted octanol–water partition coefficient (Wildman–Crippen LogP) is 1.04. The van der Waals surface area contributed by atoms with E-state index >= 15 is 0 Å². The zero-order valence-corrected chi connectivity index (χ0v) is 12.0. The minimum absolute atomic E-state index is 0.00548. The topological polar surface area (TPSA) is 87.3 Å². The van der Waals surface area contributed by atoms with Gasteiger partial charge in [0.25, 0.3) is 5.91 Å². The van der Waals surface area contributed by atoms with Crippen LogP contribution >= 0.6 is 0 Å². The van der Waals surface area contributed by atoms with Crippen LogP contribution in [0.15, 0.2) is 24.3 Å². The summed E-state index contributed by atoms with van der Waals surface area (Å²) in [5, 5.41) is 2.63. The third-order valence-electron chi connectivity index (χ3n) is 3.52. The van der Waals surface area contributed by atoms with Gasteiger partial charge in [-0.25, -0.2) is 4.39 Å². The van der Waals surface area contributed by atoms with Crippen molar-refractivity contribution in [2.45, 2.75) is 38.1 Å². The minimum atomic E-state index is -0.949. The lowest BCUT2D eigenvalue weighted by Gasteiger charge is -2.22. The molecule has 1 aromatic carbocycles. The number of hydrogen-bond donors (Lipinski definition) is 3. The van der Waals surface area contributed by atoms with Crippen LogP contribution in [0.25, 0.3) is 0 Å². The van der Waals surface area contributed by atoms with Gasteiger partial charge in [-0.3, -0.25) is 25.2 Å². The van der Waals surface area contributed by atoms with E-state index < -0.39 is 23.5 Å². The molecule has 0 radical (unpaired) electrons. The molecule has 1 saturated carbocycles. The molecule has 0 spiro atoms. The van der Waals surface area contributed by atoms with Gasteiger partial charge in [-0.1, -0.05) is 25.3 Å². The van der Waals surface area contributed by atoms with E-state index in [1.165, 1.54) is 18.2 Å². The molecule has 2 rings (SSSR count). The average molecular weight is 307 g/mol. The smallest absolute Gasteiger partial charge is 0.327 e. The van der Waals surface area contributed by atoms with E-state index in [9.17, 15) is 18.8 Å². The van der Waals surface area contributed by atoms with Gasteiger partial charge in [0.15, 0.2) is 0 Å². The van der Waals surface area contributed by atoms with E-state index in [2.05, 4.69) is 10.7 Å². The van der Waals surface area contributed by atoms with Gasteiger partial charge in [0.05, 0.1) is 0 Å². The van der Waals surface area contributed by atoms with Crippen LogP contribution in [0.2, 0.25) is 0 Å². The second kappa shape index (κ2) is 7.53. The summed E-state index contributed by atoms with van der Waals surface area (Å²) in [4.78, 5) is 35.0. The van der Waals surface area contributed by atoms with Gasteiger partial charge in [0, 0.05) is 11.6 Å². The molecule has 0 heterocycles. The van der Waals surface area contributed by atoms with Crippen molar-refractivity contribution in [2.75, 3.05) is 0 Å². The second-order valence-electron chi connectivity index (χ2n) is 5.23. The lowest BCUT2D eigenvalue weighted by atomic mass is 9.95. The fraction of sp³-hybridized carbons (Fsp3) is 0.400. The molecule has 7 heteroatoms. The molecule has 1 aliphatic rings. The van der Waals surface area contributed by atoms with Crippen LogP contribution < -0.4 is 16.2 Å². The van der Waals surface area contributed by atoms with Gasteiger partial charge in [0.1, 0.15) is 5.82 Å². The Bertz CT molecular complexity index is 571. The quantitative estimate of drug-likeness (QED) is 0.563. The zero-order valence-electron chi connectivity index (χ0n) is 12.0. The van der Waals surface area contributed by atoms with Crippen molar-refractivity contribution in [3.05, 3.63) is 35.6 Å². The first-order valence-electron chi connectivity index (χ1n) is 7.23. The number of carbonyl (C=O) groups is 3. The highest BCUT2D eigenvalue weighted by Gasteiger charge is 2.20. The highest BCUT2D eigenvalue weighted by molar-refractivity contribution is 6.35. The first kappa shape index (κ1) is 15.9. The summed E-state index contributed by atoms with van der Waals surface area (Å²) in [5.74, 6) is -2.99. The summed E-state index contributed by atoms with van der Waals surface area (Å²) in [6, 6.07) is 5.01. The summed E-state index contributed by atoms with van der Waals surface area (Å²) >= 11 is 0. The maximum Gasteiger partial charge on any atom is 0.327 e. The van der Waals surface area contributed by atoms with Crippen molar-refractivity contribution in [1.29, 1.82) is 0 Å². The Balaban J connectivity index is 1.79. The van der Waals surface area contributed by atoms with Crippen molar-refractivity contribution in [1.82, 2.24) is 16.2 Å². The predicted molar refractivity (Wildman–Crippen MR) is 77.0 cm³/mol. The Hall–Kier alpha value is -2.44. The normalized spacial score (nSPS) is 15.0. The fourth-order valence-corrected chi connectivity index (χ4v) is 2.37. The molecule has 0 bridgehead atoms. The zero-order chi connectivity index (χ0) is 15.9. The van der Waals surface area contributed by atoms with Gasteiger partial charge >= 0.3 is 11.8 Å². The van der Waals surface area contributed by atoms with E-state index in [1.807, 2.05) is 5.43 Å². The minimum Gasteiger partial charge on any atom is -0.345 e. The maximum absolute atomic E-state index is 13.0. The van der Waals surface area contributed by atoms with Gasteiger partial charge in [-0.05, 0) is 31.0 Å². The van der Waals surface area contributed by atoms with E-state index in [0.29, 0.717) is 0 Å². The molecule has 22 heavy (non-hydrogen) atoms. The Labute approximate surface area is 127 Å². The molecule has 118 valence electrons. The molecule has 1 fully saturated rings. The number of benzene rings is 1. The van der Waals surface area contributed by atoms with Crippen LogP contribution in [-0.4, -0.2) is 23.8 Å². The summed E-state index contributed by atoms with van der Waals surface area (Å²) < 4.78 is 13.0. The molecule has 0 atom stereocenters. The van der Waals surface area contributed by atoms with E-state index in [0.717, 1.165) is 38.2 Å². The molecule has 0 unspecified atom stereocenters. The highest BCUT2D eigenvalue weighted by Crippen LogP contribution is 2.17. The molecule has 0 aromatic heterocycles.